The molecule has 1 aliphatic rings. The lowest BCUT2D eigenvalue weighted by Crippen LogP contribution is -2.28. The summed E-state index contributed by atoms with van der Waals surface area (Å²) in [6.07, 6.45) is 0. The molecule has 1 aliphatic heterocycles. The van der Waals surface area contributed by atoms with Gasteiger partial charge in [-0.15, -0.1) is 0 Å². The Bertz CT molecular complexity index is 786. The monoisotopic (exact) mass is 471 g/mol. The summed E-state index contributed by atoms with van der Waals surface area (Å²) in [5.74, 6) is 2.23. The minimum atomic E-state index is 0.500. The molecule has 2 heterocycles. The van der Waals surface area contributed by atoms with Crippen LogP contribution in [0.15, 0.2) is 33.2 Å². The van der Waals surface area contributed by atoms with Crippen LogP contribution in [0.5, 0.6) is 11.5 Å². The van der Waals surface area contributed by atoms with Crippen LogP contribution in [0, 0.1) is 6.92 Å². The molecule has 5 nitrogen and oxygen atoms in total. The first-order chi connectivity index (χ1) is 11.5. The highest BCUT2D eigenvalue weighted by Crippen LogP contribution is 2.30. The Morgan fingerprint density at radius 1 is 1.17 bits per heavy atom. The Kier molecular flexibility index (Phi) is 5.57. The number of anilines is 1. The molecule has 2 aromatic rings. The fraction of sp³-hybridized carbons (Fsp3) is 0.250. The minimum Gasteiger partial charge on any atom is -0.486 e. The van der Waals surface area contributed by atoms with Gasteiger partial charge in [0, 0.05) is 11.0 Å². The number of fused-ring (bicyclic) bond motifs is 1. The van der Waals surface area contributed by atoms with Crippen LogP contribution in [-0.2, 0) is 6.54 Å². The zero-order valence-electron chi connectivity index (χ0n) is 12.9. The zero-order chi connectivity index (χ0) is 17.1. The number of nitrogens with zero attached hydrogens (tertiary/aromatic N) is 1. The molecular formula is C16H15Br2N3O2S. The lowest BCUT2D eigenvalue weighted by molar-refractivity contribution is 0.171. The Balaban J connectivity index is 1.61. The fourth-order valence-electron chi connectivity index (χ4n) is 2.18. The second kappa shape index (κ2) is 7.67. The summed E-state index contributed by atoms with van der Waals surface area (Å²) in [6.45, 7) is 3.67. The molecule has 0 saturated carbocycles. The van der Waals surface area contributed by atoms with Crippen molar-refractivity contribution in [1.82, 2.24) is 10.3 Å². The van der Waals surface area contributed by atoms with Gasteiger partial charge >= 0.3 is 0 Å². The van der Waals surface area contributed by atoms with Gasteiger partial charge in [0.2, 0.25) is 0 Å². The van der Waals surface area contributed by atoms with E-state index in [1.165, 1.54) is 0 Å². The van der Waals surface area contributed by atoms with Crippen LogP contribution in [0.1, 0.15) is 11.3 Å². The number of aromatic nitrogens is 1. The highest BCUT2D eigenvalue weighted by molar-refractivity contribution is 9.11. The van der Waals surface area contributed by atoms with Crippen molar-refractivity contribution in [2.75, 3.05) is 18.5 Å². The number of hydrogen-bond donors (Lipinski definition) is 2. The van der Waals surface area contributed by atoms with Gasteiger partial charge < -0.3 is 20.1 Å². The first kappa shape index (κ1) is 17.4. The van der Waals surface area contributed by atoms with Crippen molar-refractivity contribution >= 4 is 55.0 Å². The van der Waals surface area contributed by atoms with Gasteiger partial charge in [-0.25, -0.2) is 4.98 Å². The molecule has 0 spiro atoms. The van der Waals surface area contributed by atoms with Crippen LogP contribution in [0.2, 0.25) is 0 Å². The molecule has 126 valence electrons. The lowest BCUT2D eigenvalue weighted by Gasteiger charge is -2.19. The van der Waals surface area contributed by atoms with Gasteiger partial charge in [0.15, 0.2) is 16.6 Å². The number of ether oxygens (including phenoxy) is 2. The standard InChI is InChI=1S/C16H15Br2N3O2S/c1-9-11(17)7-12(18)15(20-9)21-16(24)19-8-10-2-3-13-14(6-10)23-5-4-22-13/h2-3,6-7H,4-5,8H2,1H3,(H2,19,20,21,24). The van der Waals surface area contributed by atoms with Crippen LogP contribution in [0.4, 0.5) is 5.82 Å². The molecule has 0 aliphatic carbocycles. The van der Waals surface area contributed by atoms with Crippen molar-refractivity contribution in [2.45, 2.75) is 13.5 Å². The predicted molar refractivity (Wildman–Crippen MR) is 105 cm³/mol. The number of halogens is 2. The quantitative estimate of drug-likeness (QED) is 0.653. The first-order valence-electron chi connectivity index (χ1n) is 7.29. The Labute approximate surface area is 162 Å². The molecule has 0 bridgehead atoms. The number of benzene rings is 1. The Morgan fingerprint density at radius 2 is 1.92 bits per heavy atom. The van der Waals surface area contributed by atoms with Crippen molar-refractivity contribution in [3.05, 3.63) is 44.5 Å². The summed E-state index contributed by atoms with van der Waals surface area (Å²) < 4.78 is 12.9. The van der Waals surface area contributed by atoms with Crippen LogP contribution < -0.4 is 20.1 Å². The third kappa shape index (κ3) is 4.17. The molecule has 8 heteroatoms. The normalized spacial score (nSPS) is 12.6. The molecule has 2 N–H and O–H groups in total. The highest BCUT2D eigenvalue weighted by atomic mass is 79.9. The molecule has 0 fully saturated rings. The third-order valence-electron chi connectivity index (χ3n) is 3.40. The second-order valence-electron chi connectivity index (χ2n) is 5.17. The molecule has 0 amide bonds. The summed E-state index contributed by atoms with van der Waals surface area (Å²) in [4.78, 5) is 4.46. The van der Waals surface area contributed by atoms with Gasteiger partial charge in [0.25, 0.3) is 0 Å². The van der Waals surface area contributed by atoms with Gasteiger partial charge in [0.05, 0.1) is 10.2 Å². The van der Waals surface area contributed by atoms with Crippen molar-refractivity contribution in [3.8, 4) is 11.5 Å². The van der Waals surface area contributed by atoms with Crippen molar-refractivity contribution < 1.29 is 9.47 Å². The van der Waals surface area contributed by atoms with Gasteiger partial charge in [-0.3, -0.25) is 0 Å². The highest BCUT2D eigenvalue weighted by Gasteiger charge is 2.12. The predicted octanol–water partition coefficient (Wildman–Crippen LogP) is 4.17. The van der Waals surface area contributed by atoms with Crippen LogP contribution >= 0.6 is 44.1 Å². The smallest absolute Gasteiger partial charge is 0.172 e. The van der Waals surface area contributed by atoms with Crippen LogP contribution in [0.25, 0.3) is 0 Å². The average molecular weight is 473 g/mol. The molecule has 0 radical (unpaired) electrons. The first-order valence-corrected chi connectivity index (χ1v) is 9.28. The van der Waals surface area contributed by atoms with Crippen LogP contribution in [-0.4, -0.2) is 23.3 Å². The average Bonchev–Trinajstić information content (AvgIpc) is 2.57. The van der Waals surface area contributed by atoms with E-state index in [1.807, 2.05) is 31.2 Å². The second-order valence-corrected chi connectivity index (χ2v) is 7.29. The summed E-state index contributed by atoms with van der Waals surface area (Å²) >= 11 is 12.3. The Hall–Kier alpha value is -1.38. The fourth-order valence-corrected chi connectivity index (χ4v) is 3.39. The van der Waals surface area contributed by atoms with Crippen molar-refractivity contribution in [1.29, 1.82) is 0 Å². The van der Waals surface area contributed by atoms with Gasteiger partial charge in [-0.05, 0) is 74.8 Å². The molecule has 1 aromatic carbocycles. The number of rotatable bonds is 3. The summed E-state index contributed by atoms with van der Waals surface area (Å²) in [5, 5.41) is 6.76. The summed E-state index contributed by atoms with van der Waals surface area (Å²) in [7, 11) is 0. The Morgan fingerprint density at radius 3 is 2.71 bits per heavy atom. The van der Waals surface area contributed by atoms with E-state index in [9.17, 15) is 0 Å². The number of aryl methyl sites for hydroxylation is 1. The molecule has 24 heavy (non-hydrogen) atoms. The zero-order valence-corrected chi connectivity index (χ0v) is 16.8. The SMILES string of the molecule is Cc1nc(NC(=S)NCc2ccc3c(c2)OCCO3)c(Br)cc1Br. The number of nitrogens with one attached hydrogen (secondary N) is 2. The topological polar surface area (TPSA) is 55.4 Å². The van der Waals surface area contributed by atoms with E-state index in [-0.39, 0.29) is 0 Å². The van der Waals surface area contributed by atoms with Crippen molar-refractivity contribution in [2.24, 2.45) is 0 Å². The lowest BCUT2D eigenvalue weighted by atomic mass is 10.2. The summed E-state index contributed by atoms with van der Waals surface area (Å²) in [6, 6.07) is 7.80. The molecule has 1 aromatic heterocycles. The summed E-state index contributed by atoms with van der Waals surface area (Å²) in [5.41, 5.74) is 1.94. The maximum absolute atomic E-state index is 5.58. The maximum Gasteiger partial charge on any atom is 0.172 e. The van der Waals surface area contributed by atoms with Gasteiger partial charge in [-0.2, -0.15) is 0 Å². The van der Waals surface area contributed by atoms with Gasteiger partial charge in [0.1, 0.15) is 19.0 Å². The van der Waals surface area contributed by atoms with E-state index in [2.05, 4.69) is 47.5 Å². The number of pyridine rings is 1. The van der Waals surface area contributed by atoms with E-state index >= 15 is 0 Å². The van der Waals surface area contributed by atoms with Crippen molar-refractivity contribution in [3.63, 3.8) is 0 Å². The van der Waals surface area contributed by atoms with E-state index in [4.69, 9.17) is 21.7 Å². The largest absolute Gasteiger partial charge is 0.486 e. The molecule has 0 atom stereocenters. The molecule has 0 unspecified atom stereocenters. The molecule has 3 rings (SSSR count). The minimum absolute atomic E-state index is 0.500. The number of hydrogen-bond acceptors (Lipinski definition) is 4. The molecule has 0 saturated heterocycles. The van der Waals surface area contributed by atoms with E-state index in [0.29, 0.717) is 30.7 Å². The van der Waals surface area contributed by atoms with E-state index in [1.54, 1.807) is 0 Å². The van der Waals surface area contributed by atoms with E-state index < -0.39 is 0 Å². The third-order valence-corrected chi connectivity index (χ3v) is 5.05. The van der Waals surface area contributed by atoms with Gasteiger partial charge in [-0.1, -0.05) is 6.07 Å². The molecular weight excluding hydrogens is 458 g/mol. The number of thiocarbonyl (C=S) groups is 1. The van der Waals surface area contributed by atoms with Crippen LogP contribution in [0.3, 0.4) is 0 Å². The van der Waals surface area contributed by atoms with E-state index in [0.717, 1.165) is 31.7 Å². The maximum atomic E-state index is 5.58.